The van der Waals surface area contributed by atoms with Crippen LogP contribution >= 0.6 is 0 Å². The van der Waals surface area contributed by atoms with Crippen molar-refractivity contribution in [2.75, 3.05) is 19.7 Å². The second-order valence-corrected chi connectivity index (χ2v) is 4.83. The van der Waals surface area contributed by atoms with E-state index >= 15 is 0 Å². The van der Waals surface area contributed by atoms with Crippen LogP contribution in [0.5, 0.6) is 5.75 Å². The van der Waals surface area contributed by atoms with Crippen LogP contribution in [0.2, 0.25) is 0 Å². The summed E-state index contributed by atoms with van der Waals surface area (Å²) in [5, 5.41) is 13.0. The Hall–Kier alpha value is -1.50. The highest BCUT2D eigenvalue weighted by atomic mass is 16.5. The molecule has 3 heteroatoms. The molecule has 0 bridgehead atoms. The minimum atomic E-state index is -0.492. The first-order valence-electron chi connectivity index (χ1n) is 7.30. The molecule has 110 valence electrons. The van der Waals surface area contributed by atoms with Crippen molar-refractivity contribution in [1.82, 2.24) is 5.32 Å². The van der Waals surface area contributed by atoms with Gasteiger partial charge in [0.05, 0.1) is 0 Å². The zero-order valence-electron chi connectivity index (χ0n) is 12.3. The van der Waals surface area contributed by atoms with Crippen molar-refractivity contribution in [3.05, 3.63) is 29.8 Å². The van der Waals surface area contributed by atoms with Crippen LogP contribution in [0.3, 0.4) is 0 Å². The van der Waals surface area contributed by atoms with Crippen LogP contribution in [0.4, 0.5) is 0 Å². The normalized spacial score (nSPS) is 11.8. The Morgan fingerprint density at radius 1 is 1.30 bits per heavy atom. The zero-order valence-corrected chi connectivity index (χ0v) is 12.3. The highest BCUT2D eigenvalue weighted by Crippen LogP contribution is 2.12. The van der Waals surface area contributed by atoms with Crippen LogP contribution in [0, 0.1) is 12.3 Å². The Bertz CT molecular complexity index is 394. The highest BCUT2D eigenvalue weighted by molar-refractivity contribution is 5.27. The number of aliphatic hydroxyl groups excluding tert-OH is 1. The molecule has 0 aliphatic rings. The number of aliphatic hydroxyl groups is 1. The lowest BCUT2D eigenvalue weighted by molar-refractivity contribution is 0.106. The lowest BCUT2D eigenvalue weighted by Crippen LogP contribution is -2.32. The molecule has 0 aliphatic heterocycles. The predicted molar refractivity (Wildman–Crippen MR) is 82.9 cm³/mol. The van der Waals surface area contributed by atoms with Gasteiger partial charge in [0, 0.05) is 13.0 Å². The highest BCUT2D eigenvalue weighted by Gasteiger charge is 2.04. The molecular weight excluding hydrogens is 250 g/mol. The number of unbranched alkanes of at least 4 members (excludes halogenated alkanes) is 2. The zero-order chi connectivity index (χ0) is 14.6. The summed E-state index contributed by atoms with van der Waals surface area (Å²) in [6, 6.07) is 7.98. The Morgan fingerprint density at radius 2 is 2.05 bits per heavy atom. The SMILES string of the molecule is C#CCCCCNCC(O)COc1ccc(CC)cc1. The van der Waals surface area contributed by atoms with E-state index in [2.05, 4.69) is 18.2 Å². The summed E-state index contributed by atoms with van der Waals surface area (Å²) in [5.41, 5.74) is 1.28. The van der Waals surface area contributed by atoms with Crippen LogP contribution in [0.25, 0.3) is 0 Å². The summed E-state index contributed by atoms with van der Waals surface area (Å²) in [6.45, 7) is 3.85. The van der Waals surface area contributed by atoms with Gasteiger partial charge in [-0.1, -0.05) is 19.1 Å². The molecule has 1 unspecified atom stereocenters. The molecule has 0 radical (unpaired) electrons. The summed E-state index contributed by atoms with van der Waals surface area (Å²) in [6.07, 6.45) is 8.59. The van der Waals surface area contributed by atoms with Crippen molar-refractivity contribution in [2.24, 2.45) is 0 Å². The Balaban J connectivity index is 2.10. The molecule has 0 aromatic heterocycles. The fourth-order valence-corrected chi connectivity index (χ4v) is 1.82. The molecule has 1 aromatic rings. The number of ether oxygens (including phenoxy) is 1. The average molecular weight is 275 g/mol. The van der Waals surface area contributed by atoms with Gasteiger partial charge in [0.2, 0.25) is 0 Å². The molecule has 2 N–H and O–H groups in total. The van der Waals surface area contributed by atoms with E-state index in [4.69, 9.17) is 11.2 Å². The maximum atomic E-state index is 9.79. The Morgan fingerprint density at radius 3 is 2.70 bits per heavy atom. The smallest absolute Gasteiger partial charge is 0.119 e. The van der Waals surface area contributed by atoms with E-state index < -0.39 is 6.10 Å². The van der Waals surface area contributed by atoms with Crippen molar-refractivity contribution in [3.63, 3.8) is 0 Å². The van der Waals surface area contributed by atoms with E-state index in [-0.39, 0.29) is 0 Å². The molecule has 1 atom stereocenters. The molecule has 0 spiro atoms. The monoisotopic (exact) mass is 275 g/mol. The molecule has 0 heterocycles. The molecule has 3 nitrogen and oxygen atoms in total. The van der Waals surface area contributed by atoms with Gasteiger partial charge in [-0.3, -0.25) is 0 Å². The van der Waals surface area contributed by atoms with Crippen molar-refractivity contribution >= 4 is 0 Å². The Kier molecular flexibility index (Phi) is 8.53. The van der Waals surface area contributed by atoms with Gasteiger partial charge in [0.15, 0.2) is 0 Å². The van der Waals surface area contributed by atoms with Gasteiger partial charge < -0.3 is 15.2 Å². The molecule has 1 aromatic carbocycles. The van der Waals surface area contributed by atoms with Crippen LogP contribution in [-0.4, -0.2) is 30.9 Å². The third-order valence-electron chi connectivity index (χ3n) is 3.08. The summed E-state index contributed by atoms with van der Waals surface area (Å²) < 4.78 is 5.55. The molecule has 0 aliphatic carbocycles. The lowest BCUT2D eigenvalue weighted by atomic mass is 10.2. The maximum absolute atomic E-state index is 9.79. The summed E-state index contributed by atoms with van der Waals surface area (Å²) >= 11 is 0. The van der Waals surface area contributed by atoms with E-state index in [1.54, 1.807) is 0 Å². The van der Waals surface area contributed by atoms with Gasteiger partial charge in [-0.25, -0.2) is 0 Å². The quantitative estimate of drug-likeness (QED) is 0.509. The minimum absolute atomic E-state index is 0.308. The minimum Gasteiger partial charge on any atom is -0.491 e. The average Bonchev–Trinajstić information content (AvgIpc) is 2.49. The number of rotatable bonds is 10. The fraction of sp³-hybridized carbons (Fsp3) is 0.529. The van der Waals surface area contributed by atoms with Gasteiger partial charge in [-0.05, 0) is 43.5 Å². The second kappa shape index (κ2) is 10.3. The van der Waals surface area contributed by atoms with Gasteiger partial charge in [-0.15, -0.1) is 12.3 Å². The topological polar surface area (TPSA) is 41.5 Å². The lowest BCUT2D eigenvalue weighted by Gasteiger charge is -2.13. The molecule has 0 saturated heterocycles. The van der Waals surface area contributed by atoms with E-state index in [9.17, 15) is 5.11 Å². The van der Waals surface area contributed by atoms with Crippen molar-refractivity contribution < 1.29 is 9.84 Å². The largest absolute Gasteiger partial charge is 0.491 e. The van der Waals surface area contributed by atoms with Crippen LogP contribution in [0.15, 0.2) is 24.3 Å². The van der Waals surface area contributed by atoms with Gasteiger partial charge in [-0.2, -0.15) is 0 Å². The number of nitrogens with one attached hydrogen (secondary N) is 1. The summed E-state index contributed by atoms with van der Waals surface area (Å²) in [4.78, 5) is 0. The number of hydrogen-bond donors (Lipinski definition) is 2. The van der Waals surface area contributed by atoms with Crippen molar-refractivity contribution in [3.8, 4) is 18.1 Å². The number of benzene rings is 1. The van der Waals surface area contributed by atoms with E-state index in [1.165, 1.54) is 5.56 Å². The van der Waals surface area contributed by atoms with Crippen molar-refractivity contribution in [2.45, 2.75) is 38.7 Å². The standard InChI is InChI=1S/C17H25NO2/c1-3-5-6-7-12-18-13-16(19)14-20-17-10-8-15(4-2)9-11-17/h1,8-11,16,18-19H,4-7,12-14H2,2H3. The molecular formula is C17H25NO2. The van der Waals surface area contributed by atoms with Gasteiger partial charge in [0.1, 0.15) is 18.5 Å². The van der Waals surface area contributed by atoms with Crippen LogP contribution in [-0.2, 0) is 6.42 Å². The van der Waals surface area contributed by atoms with Crippen LogP contribution < -0.4 is 10.1 Å². The third kappa shape index (κ3) is 7.18. The molecule has 0 fully saturated rings. The van der Waals surface area contributed by atoms with Gasteiger partial charge >= 0.3 is 0 Å². The third-order valence-corrected chi connectivity index (χ3v) is 3.08. The fourth-order valence-electron chi connectivity index (χ4n) is 1.82. The molecule has 0 saturated carbocycles. The van der Waals surface area contributed by atoms with Gasteiger partial charge in [0.25, 0.3) is 0 Å². The molecule has 0 amide bonds. The maximum Gasteiger partial charge on any atom is 0.119 e. The van der Waals surface area contributed by atoms with E-state index in [0.717, 1.165) is 38.0 Å². The first-order chi connectivity index (χ1) is 9.76. The molecule has 20 heavy (non-hydrogen) atoms. The Labute approximate surface area is 122 Å². The second-order valence-electron chi connectivity index (χ2n) is 4.83. The first kappa shape index (κ1) is 16.6. The summed E-state index contributed by atoms with van der Waals surface area (Å²) in [5.74, 6) is 3.42. The number of terminal acetylenes is 1. The van der Waals surface area contributed by atoms with Crippen LogP contribution in [0.1, 0.15) is 31.7 Å². The first-order valence-corrected chi connectivity index (χ1v) is 7.30. The number of hydrogen-bond acceptors (Lipinski definition) is 3. The van der Waals surface area contributed by atoms with E-state index in [1.807, 2.05) is 24.3 Å². The van der Waals surface area contributed by atoms with Crippen molar-refractivity contribution in [1.29, 1.82) is 0 Å². The predicted octanol–water partition coefficient (Wildman–Crippen LogP) is 2.38. The molecule has 1 rings (SSSR count). The summed E-state index contributed by atoms with van der Waals surface area (Å²) in [7, 11) is 0. The van der Waals surface area contributed by atoms with E-state index in [0.29, 0.717) is 13.2 Å². The number of aryl methyl sites for hydroxylation is 1.